The predicted molar refractivity (Wildman–Crippen MR) is 95.4 cm³/mol. The highest BCUT2D eigenvalue weighted by Crippen LogP contribution is 2.21. The van der Waals surface area contributed by atoms with Crippen molar-refractivity contribution in [3.63, 3.8) is 0 Å². The summed E-state index contributed by atoms with van der Waals surface area (Å²) in [6.45, 7) is 5.73. The Balaban J connectivity index is 1.51. The Morgan fingerprint density at radius 1 is 1.09 bits per heavy atom. The molecule has 1 heterocycles. The van der Waals surface area contributed by atoms with Crippen LogP contribution in [0.15, 0.2) is 42.5 Å². The standard InChI is InChI=1S/C19H21ClN2O/c1-14-13-16(9-10-17(14)20)23-12-6-5-11-22-15(2)21-18-7-3-4-8-19(18)22/h3-4,7-10,13H,5-6,11-12H2,1-2H3. The SMILES string of the molecule is Cc1cc(OCCCCn2c(C)nc3ccccc32)ccc1Cl. The number of imidazole rings is 1. The number of nitrogens with zero attached hydrogens (tertiary/aromatic N) is 2. The molecular weight excluding hydrogens is 308 g/mol. The van der Waals surface area contributed by atoms with Crippen LogP contribution in [0.4, 0.5) is 0 Å². The molecule has 0 amide bonds. The van der Waals surface area contributed by atoms with Crippen molar-refractivity contribution in [1.82, 2.24) is 9.55 Å². The Labute approximate surface area is 141 Å². The van der Waals surface area contributed by atoms with Gasteiger partial charge in [-0.15, -0.1) is 0 Å². The van der Waals surface area contributed by atoms with Crippen LogP contribution in [-0.4, -0.2) is 16.2 Å². The molecule has 0 N–H and O–H groups in total. The summed E-state index contributed by atoms with van der Waals surface area (Å²) >= 11 is 6.02. The van der Waals surface area contributed by atoms with Gasteiger partial charge in [-0.1, -0.05) is 23.7 Å². The van der Waals surface area contributed by atoms with Crippen LogP contribution in [0.2, 0.25) is 5.02 Å². The third kappa shape index (κ3) is 3.67. The summed E-state index contributed by atoms with van der Waals surface area (Å²) in [4.78, 5) is 4.60. The lowest BCUT2D eigenvalue weighted by Crippen LogP contribution is -2.04. The van der Waals surface area contributed by atoms with Crippen molar-refractivity contribution in [2.45, 2.75) is 33.2 Å². The second kappa shape index (κ2) is 7.05. The normalized spacial score (nSPS) is 11.1. The first-order valence-electron chi connectivity index (χ1n) is 7.96. The molecule has 0 aliphatic carbocycles. The molecule has 23 heavy (non-hydrogen) atoms. The van der Waals surface area contributed by atoms with Gasteiger partial charge in [0.05, 0.1) is 17.6 Å². The van der Waals surface area contributed by atoms with Crippen molar-refractivity contribution in [2.24, 2.45) is 0 Å². The Morgan fingerprint density at radius 3 is 2.74 bits per heavy atom. The van der Waals surface area contributed by atoms with E-state index in [2.05, 4.69) is 34.7 Å². The summed E-state index contributed by atoms with van der Waals surface area (Å²) in [5, 5.41) is 0.778. The zero-order chi connectivity index (χ0) is 16.2. The van der Waals surface area contributed by atoms with Gasteiger partial charge >= 0.3 is 0 Å². The third-order valence-corrected chi connectivity index (χ3v) is 4.44. The third-order valence-electron chi connectivity index (χ3n) is 4.02. The smallest absolute Gasteiger partial charge is 0.119 e. The quantitative estimate of drug-likeness (QED) is 0.584. The molecule has 4 heteroatoms. The van der Waals surface area contributed by atoms with Crippen LogP contribution in [-0.2, 0) is 6.54 Å². The number of unbranched alkanes of at least 4 members (excludes halogenated alkanes) is 1. The molecule has 0 saturated carbocycles. The van der Waals surface area contributed by atoms with Crippen molar-refractivity contribution in [3.05, 3.63) is 58.9 Å². The minimum atomic E-state index is 0.715. The summed E-state index contributed by atoms with van der Waals surface area (Å²) in [6.07, 6.45) is 2.07. The Bertz CT molecular complexity index is 810. The van der Waals surface area contributed by atoms with E-state index in [4.69, 9.17) is 16.3 Å². The number of rotatable bonds is 6. The number of halogens is 1. The number of ether oxygens (including phenoxy) is 1. The van der Waals surface area contributed by atoms with E-state index in [0.717, 1.165) is 47.1 Å². The average Bonchev–Trinajstić information content (AvgIpc) is 2.86. The fourth-order valence-corrected chi connectivity index (χ4v) is 2.86. The van der Waals surface area contributed by atoms with Crippen molar-refractivity contribution in [3.8, 4) is 5.75 Å². The number of aromatic nitrogens is 2. The maximum Gasteiger partial charge on any atom is 0.119 e. The van der Waals surface area contributed by atoms with Crippen LogP contribution in [0.3, 0.4) is 0 Å². The van der Waals surface area contributed by atoms with Crippen LogP contribution >= 0.6 is 11.6 Å². The molecular formula is C19H21ClN2O. The molecule has 0 saturated heterocycles. The van der Waals surface area contributed by atoms with Crippen LogP contribution in [0.25, 0.3) is 11.0 Å². The topological polar surface area (TPSA) is 27.1 Å². The van der Waals surface area contributed by atoms with Gasteiger partial charge < -0.3 is 9.30 Å². The van der Waals surface area contributed by atoms with Crippen LogP contribution in [0.1, 0.15) is 24.2 Å². The number of aryl methyl sites for hydroxylation is 3. The van der Waals surface area contributed by atoms with Gasteiger partial charge in [0.1, 0.15) is 11.6 Å². The molecule has 0 spiro atoms. The van der Waals surface area contributed by atoms with Gasteiger partial charge in [-0.25, -0.2) is 4.98 Å². The van der Waals surface area contributed by atoms with Crippen LogP contribution in [0.5, 0.6) is 5.75 Å². The lowest BCUT2D eigenvalue weighted by Gasteiger charge is -2.09. The fraction of sp³-hybridized carbons (Fsp3) is 0.316. The highest BCUT2D eigenvalue weighted by atomic mass is 35.5. The van der Waals surface area contributed by atoms with E-state index in [-0.39, 0.29) is 0 Å². The zero-order valence-electron chi connectivity index (χ0n) is 13.6. The summed E-state index contributed by atoms with van der Waals surface area (Å²) in [7, 11) is 0. The Hall–Kier alpha value is -2.00. The summed E-state index contributed by atoms with van der Waals surface area (Å²) < 4.78 is 8.07. The molecule has 0 aliphatic heterocycles. The predicted octanol–water partition coefficient (Wildman–Crippen LogP) is 5.17. The number of hydrogen-bond donors (Lipinski definition) is 0. The number of hydrogen-bond acceptors (Lipinski definition) is 2. The van der Waals surface area contributed by atoms with Crippen LogP contribution in [0, 0.1) is 13.8 Å². The maximum absolute atomic E-state index is 6.02. The Morgan fingerprint density at radius 2 is 1.91 bits per heavy atom. The first-order valence-corrected chi connectivity index (χ1v) is 8.34. The van der Waals surface area contributed by atoms with Crippen molar-refractivity contribution >= 4 is 22.6 Å². The zero-order valence-corrected chi connectivity index (χ0v) is 14.3. The molecule has 3 nitrogen and oxygen atoms in total. The average molecular weight is 329 g/mol. The van der Waals surface area contributed by atoms with E-state index in [9.17, 15) is 0 Å². The highest BCUT2D eigenvalue weighted by molar-refractivity contribution is 6.31. The van der Waals surface area contributed by atoms with E-state index in [0.29, 0.717) is 6.61 Å². The second-order valence-electron chi connectivity index (χ2n) is 5.77. The summed E-state index contributed by atoms with van der Waals surface area (Å²) in [5.41, 5.74) is 3.32. The van der Waals surface area contributed by atoms with E-state index in [1.165, 1.54) is 5.52 Å². The van der Waals surface area contributed by atoms with E-state index >= 15 is 0 Å². The minimum Gasteiger partial charge on any atom is -0.494 e. The van der Waals surface area contributed by atoms with Gasteiger partial charge in [0.2, 0.25) is 0 Å². The van der Waals surface area contributed by atoms with E-state index in [1.807, 2.05) is 31.2 Å². The van der Waals surface area contributed by atoms with Crippen molar-refractivity contribution in [1.29, 1.82) is 0 Å². The number of para-hydroxylation sites is 2. The molecule has 2 aromatic carbocycles. The molecule has 0 fully saturated rings. The van der Waals surface area contributed by atoms with Gasteiger partial charge in [0.25, 0.3) is 0 Å². The minimum absolute atomic E-state index is 0.715. The van der Waals surface area contributed by atoms with Crippen molar-refractivity contribution in [2.75, 3.05) is 6.61 Å². The Kier molecular flexibility index (Phi) is 4.87. The van der Waals surface area contributed by atoms with Crippen molar-refractivity contribution < 1.29 is 4.74 Å². The number of fused-ring (bicyclic) bond motifs is 1. The maximum atomic E-state index is 6.02. The monoisotopic (exact) mass is 328 g/mol. The largest absolute Gasteiger partial charge is 0.494 e. The molecule has 3 aromatic rings. The van der Waals surface area contributed by atoms with Gasteiger partial charge in [0.15, 0.2) is 0 Å². The molecule has 0 bridgehead atoms. The first kappa shape index (κ1) is 15.9. The second-order valence-corrected chi connectivity index (χ2v) is 6.17. The molecule has 120 valence electrons. The first-order chi connectivity index (χ1) is 11.1. The van der Waals surface area contributed by atoms with Gasteiger partial charge in [-0.05, 0) is 62.6 Å². The molecule has 0 aliphatic rings. The molecule has 0 radical (unpaired) electrons. The van der Waals surface area contributed by atoms with E-state index in [1.54, 1.807) is 0 Å². The lowest BCUT2D eigenvalue weighted by molar-refractivity contribution is 0.303. The van der Waals surface area contributed by atoms with Gasteiger partial charge in [0, 0.05) is 11.6 Å². The lowest BCUT2D eigenvalue weighted by atomic mass is 10.2. The molecule has 0 atom stereocenters. The van der Waals surface area contributed by atoms with Gasteiger partial charge in [-0.2, -0.15) is 0 Å². The molecule has 1 aromatic heterocycles. The van der Waals surface area contributed by atoms with Crippen LogP contribution < -0.4 is 4.74 Å². The number of benzene rings is 2. The molecule has 3 rings (SSSR count). The van der Waals surface area contributed by atoms with E-state index < -0.39 is 0 Å². The highest BCUT2D eigenvalue weighted by Gasteiger charge is 2.06. The summed E-state index contributed by atoms with van der Waals surface area (Å²) in [5.74, 6) is 1.96. The summed E-state index contributed by atoms with van der Waals surface area (Å²) in [6, 6.07) is 14.1. The fourth-order valence-electron chi connectivity index (χ4n) is 2.75. The van der Waals surface area contributed by atoms with Gasteiger partial charge in [-0.3, -0.25) is 0 Å². The molecule has 0 unspecified atom stereocenters.